The van der Waals surface area contributed by atoms with E-state index in [2.05, 4.69) is 4.98 Å². The normalized spacial score (nSPS) is 16.7. The Hall–Kier alpha value is -3.15. The Morgan fingerprint density at radius 2 is 1.90 bits per heavy atom. The molecule has 4 nitrogen and oxygen atoms in total. The number of nitrogens with zero attached hydrogens (tertiary/aromatic N) is 3. The molecule has 0 bridgehead atoms. The van der Waals surface area contributed by atoms with Crippen molar-refractivity contribution in [3.05, 3.63) is 83.2 Å². The molecule has 1 fully saturated rings. The fourth-order valence-corrected chi connectivity index (χ4v) is 3.68. The number of benzene rings is 2. The highest BCUT2D eigenvalue weighted by Crippen LogP contribution is 2.28. The highest BCUT2D eigenvalue weighted by Gasteiger charge is 2.28. The molecule has 0 unspecified atom stereocenters. The number of hydrogen-bond donors (Lipinski definition) is 0. The van der Waals surface area contributed by atoms with Crippen molar-refractivity contribution in [3.63, 3.8) is 0 Å². The lowest BCUT2D eigenvalue weighted by Gasteiger charge is -2.32. The van der Waals surface area contributed by atoms with Gasteiger partial charge in [0.15, 0.2) is 5.82 Å². The first-order valence-electron chi connectivity index (χ1n) is 9.65. The first-order valence-corrected chi connectivity index (χ1v) is 9.65. The maximum Gasteiger partial charge on any atom is 0.256 e. The molecule has 4 rings (SSSR count). The van der Waals surface area contributed by atoms with E-state index in [0.717, 1.165) is 36.2 Å². The summed E-state index contributed by atoms with van der Waals surface area (Å²) in [6, 6.07) is 12.9. The molecule has 29 heavy (non-hydrogen) atoms. The number of carbonyl (C=O) groups excluding carboxylic acids is 1. The zero-order valence-electron chi connectivity index (χ0n) is 16.1. The predicted molar refractivity (Wildman–Crippen MR) is 106 cm³/mol. The number of hydrogen-bond acceptors (Lipinski definition) is 3. The summed E-state index contributed by atoms with van der Waals surface area (Å²) in [5, 5.41) is 0. The number of rotatable bonds is 3. The Morgan fingerprint density at radius 1 is 1.10 bits per heavy atom. The maximum atomic E-state index is 14.0. The molecule has 1 aliphatic heterocycles. The van der Waals surface area contributed by atoms with Gasteiger partial charge in [0.25, 0.3) is 5.91 Å². The Morgan fingerprint density at radius 3 is 2.66 bits per heavy atom. The lowest BCUT2D eigenvalue weighted by molar-refractivity contribution is 0.0701. The summed E-state index contributed by atoms with van der Waals surface area (Å²) in [4.78, 5) is 23.5. The van der Waals surface area contributed by atoms with Crippen LogP contribution in [0.4, 0.5) is 8.78 Å². The standard InChI is InChI=1S/C23H21F2N3O/c1-15-4-6-16(7-5-15)22-26-11-10-21(27-22)17-3-2-12-28(14-17)23(29)19-9-8-18(24)13-20(19)25/h4-11,13,17H,2-3,12,14H2,1H3/t17-/m0/s1. The first kappa shape index (κ1) is 19.2. The summed E-state index contributed by atoms with van der Waals surface area (Å²) in [6.45, 7) is 3.01. The van der Waals surface area contributed by atoms with Crippen LogP contribution >= 0.6 is 0 Å². The summed E-state index contributed by atoms with van der Waals surface area (Å²) < 4.78 is 27.2. The molecular weight excluding hydrogens is 372 g/mol. The number of aryl methyl sites for hydroxylation is 1. The Kier molecular flexibility index (Phi) is 5.34. The van der Waals surface area contributed by atoms with Gasteiger partial charge in [0.05, 0.1) is 5.56 Å². The van der Waals surface area contributed by atoms with Crippen LogP contribution in [0.25, 0.3) is 11.4 Å². The minimum Gasteiger partial charge on any atom is -0.338 e. The van der Waals surface area contributed by atoms with E-state index in [0.29, 0.717) is 18.9 Å². The van der Waals surface area contributed by atoms with E-state index in [1.807, 2.05) is 37.3 Å². The van der Waals surface area contributed by atoms with E-state index in [4.69, 9.17) is 4.98 Å². The average molecular weight is 393 g/mol. The van der Waals surface area contributed by atoms with E-state index in [-0.39, 0.29) is 11.5 Å². The van der Waals surface area contributed by atoms with Crippen LogP contribution in [-0.4, -0.2) is 33.9 Å². The molecule has 1 amide bonds. The summed E-state index contributed by atoms with van der Waals surface area (Å²) in [6.07, 6.45) is 3.42. The molecule has 1 aromatic heterocycles. The molecule has 148 valence electrons. The lowest BCUT2D eigenvalue weighted by Crippen LogP contribution is -2.39. The van der Waals surface area contributed by atoms with Crippen LogP contribution in [0.2, 0.25) is 0 Å². The molecule has 1 aliphatic rings. The van der Waals surface area contributed by atoms with Crippen LogP contribution in [0, 0.1) is 18.6 Å². The fraction of sp³-hybridized carbons (Fsp3) is 0.261. The van der Waals surface area contributed by atoms with Crippen molar-refractivity contribution in [2.24, 2.45) is 0 Å². The van der Waals surface area contributed by atoms with Crippen LogP contribution in [0.1, 0.15) is 40.4 Å². The Bertz CT molecular complexity index is 1040. The number of amides is 1. The molecule has 0 spiro atoms. The van der Waals surface area contributed by atoms with Gasteiger partial charge in [0.1, 0.15) is 11.6 Å². The highest BCUT2D eigenvalue weighted by molar-refractivity contribution is 5.94. The minimum absolute atomic E-state index is 0.0448. The second-order valence-electron chi connectivity index (χ2n) is 7.39. The molecule has 2 aromatic carbocycles. The molecular formula is C23H21F2N3O. The molecule has 1 saturated heterocycles. The fourth-order valence-electron chi connectivity index (χ4n) is 3.68. The van der Waals surface area contributed by atoms with Gasteiger partial charge in [-0.25, -0.2) is 18.7 Å². The van der Waals surface area contributed by atoms with E-state index in [1.165, 1.54) is 11.6 Å². The second-order valence-corrected chi connectivity index (χ2v) is 7.39. The summed E-state index contributed by atoms with van der Waals surface area (Å²) >= 11 is 0. The lowest BCUT2D eigenvalue weighted by atomic mass is 9.94. The second kappa shape index (κ2) is 8.07. The van der Waals surface area contributed by atoms with Gasteiger partial charge >= 0.3 is 0 Å². The third kappa shape index (κ3) is 4.16. The third-order valence-corrected chi connectivity index (χ3v) is 5.28. The summed E-state index contributed by atoms with van der Waals surface area (Å²) in [5.74, 6) is -1.25. The van der Waals surface area contributed by atoms with Crippen LogP contribution in [-0.2, 0) is 0 Å². The first-order chi connectivity index (χ1) is 14.0. The van der Waals surface area contributed by atoms with E-state index >= 15 is 0 Å². The topological polar surface area (TPSA) is 46.1 Å². The van der Waals surface area contributed by atoms with Crippen LogP contribution in [0.3, 0.4) is 0 Å². The number of halogens is 2. The van der Waals surface area contributed by atoms with Crippen molar-refractivity contribution in [1.29, 1.82) is 0 Å². The Labute approximate surface area is 168 Å². The number of aromatic nitrogens is 2. The van der Waals surface area contributed by atoms with Crippen LogP contribution < -0.4 is 0 Å². The van der Waals surface area contributed by atoms with Gasteiger partial charge in [-0.05, 0) is 38.0 Å². The van der Waals surface area contributed by atoms with Crippen molar-refractivity contribution >= 4 is 5.91 Å². The van der Waals surface area contributed by atoms with Gasteiger partial charge < -0.3 is 4.90 Å². The molecule has 0 radical (unpaired) electrons. The molecule has 0 saturated carbocycles. The van der Waals surface area contributed by atoms with Gasteiger partial charge in [-0.15, -0.1) is 0 Å². The zero-order valence-corrected chi connectivity index (χ0v) is 16.1. The van der Waals surface area contributed by atoms with Crippen LogP contribution in [0.15, 0.2) is 54.7 Å². The van der Waals surface area contributed by atoms with Gasteiger partial charge in [-0.3, -0.25) is 4.79 Å². The van der Waals surface area contributed by atoms with Crippen molar-refractivity contribution in [1.82, 2.24) is 14.9 Å². The quantitative estimate of drug-likeness (QED) is 0.645. The molecule has 6 heteroatoms. The van der Waals surface area contributed by atoms with Crippen LogP contribution in [0.5, 0.6) is 0 Å². The molecule has 3 aromatic rings. The van der Waals surface area contributed by atoms with E-state index < -0.39 is 17.5 Å². The number of piperidine rings is 1. The largest absolute Gasteiger partial charge is 0.338 e. The van der Waals surface area contributed by atoms with Gasteiger partial charge in [-0.1, -0.05) is 29.8 Å². The van der Waals surface area contributed by atoms with E-state index in [9.17, 15) is 13.6 Å². The van der Waals surface area contributed by atoms with Crippen molar-refractivity contribution in [2.45, 2.75) is 25.7 Å². The minimum atomic E-state index is -0.833. The van der Waals surface area contributed by atoms with Crippen molar-refractivity contribution < 1.29 is 13.6 Å². The third-order valence-electron chi connectivity index (χ3n) is 5.28. The van der Waals surface area contributed by atoms with Crippen molar-refractivity contribution in [3.8, 4) is 11.4 Å². The summed E-state index contributed by atoms with van der Waals surface area (Å²) in [7, 11) is 0. The molecule has 2 heterocycles. The smallest absolute Gasteiger partial charge is 0.256 e. The number of carbonyl (C=O) groups is 1. The van der Waals surface area contributed by atoms with Gasteiger partial charge in [0.2, 0.25) is 0 Å². The monoisotopic (exact) mass is 393 g/mol. The molecule has 0 N–H and O–H groups in total. The molecule has 1 atom stereocenters. The number of likely N-dealkylation sites (tertiary alicyclic amines) is 1. The summed E-state index contributed by atoms with van der Waals surface area (Å²) in [5.41, 5.74) is 2.87. The maximum absolute atomic E-state index is 14.0. The SMILES string of the molecule is Cc1ccc(-c2nccc([C@H]3CCCN(C(=O)c4ccc(F)cc4F)C3)n2)cc1. The van der Waals surface area contributed by atoms with Gasteiger partial charge in [0, 0.05) is 42.5 Å². The molecule has 0 aliphatic carbocycles. The van der Waals surface area contributed by atoms with E-state index in [1.54, 1.807) is 11.1 Å². The Balaban J connectivity index is 1.55. The predicted octanol–water partition coefficient (Wildman–Crippen LogP) is 4.75. The van der Waals surface area contributed by atoms with Gasteiger partial charge in [-0.2, -0.15) is 0 Å². The highest BCUT2D eigenvalue weighted by atomic mass is 19.1. The van der Waals surface area contributed by atoms with Crippen molar-refractivity contribution in [2.75, 3.05) is 13.1 Å². The average Bonchev–Trinajstić information content (AvgIpc) is 2.74. The zero-order chi connectivity index (χ0) is 20.4.